The van der Waals surface area contributed by atoms with Crippen LogP contribution in [0.1, 0.15) is 117 Å². The van der Waals surface area contributed by atoms with Gasteiger partial charge in [0.2, 0.25) is 0 Å². The molecule has 0 spiro atoms. The van der Waals surface area contributed by atoms with Crippen LogP contribution in [0.5, 0.6) is 0 Å². The third-order valence-corrected chi connectivity index (χ3v) is 4.49. The predicted octanol–water partition coefficient (Wildman–Crippen LogP) is 7.41. The Hall–Kier alpha value is -0.510. The maximum Gasteiger partial charge on any atom is 0.0655 e. The predicted molar refractivity (Wildman–Crippen MR) is 94.3 cm³/mol. The van der Waals surface area contributed by atoms with Gasteiger partial charge in [-0.1, -0.05) is 104 Å². The van der Waals surface area contributed by atoms with Gasteiger partial charge in [0.25, 0.3) is 0 Å². The van der Waals surface area contributed by atoms with E-state index in [2.05, 4.69) is 19.9 Å². The normalized spacial score (nSPS) is 12.2. The van der Waals surface area contributed by atoms with Gasteiger partial charge >= 0.3 is 0 Å². The van der Waals surface area contributed by atoms with E-state index in [4.69, 9.17) is 0 Å². The highest BCUT2D eigenvalue weighted by Crippen LogP contribution is 2.18. The first-order valence-corrected chi connectivity index (χ1v) is 9.74. The minimum Gasteiger partial charge on any atom is -0.198 e. The summed E-state index contributed by atoms with van der Waals surface area (Å²) in [5.74, 6) is 0.330. The largest absolute Gasteiger partial charge is 0.198 e. The molecule has 0 aromatic rings. The van der Waals surface area contributed by atoms with E-state index >= 15 is 0 Å². The van der Waals surface area contributed by atoms with Crippen LogP contribution in [-0.2, 0) is 0 Å². The number of rotatable bonds is 16. The average Bonchev–Trinajstić information content (AvgIpc) is 2.51. The molecule has 1 heteroatoms. The number of nitriles is 1. The van der Waals surface area contributed by atoms with Crippen LogP contribution in [0.15, 0.2) is 0 Å². The molecule has 21 heavy (non-hydrogen) atoms. The molecule has 0 aliphatic carbocycles. The van der Waals surface area contributed by atoms with Gasteiger partial charge in [0, 0.05) is 5.92 Å². The van der Waals surface area contributed by atoms with Crippen LogP contribution in [-0.4, -0.2) is 0 Å². The van der Waals surface area contributed by atoms with Crippen molar-refractivity contribution in [1.82, 2.24) is 0 Å². The maximum absolute atomic E-state index is 9.22. The second-order valence-electron chi connectivity index (χ2n) is 6.65. The van der Waals surface area contributed by atoms with Gasteiger partial charge < -0.3 is 0 Å². The fourth-order valence-electron chi connectivity index (χ4n) is 2.97. The quantitative estimate of drug-likeness (QED) is 0.272. The Kier molecular flexibility index (Phi) is 17.1. The van der Waals surface area contributed by atoms with Crippen LogP contribution >= 0.6 is 0 Å². The zero-order valence-corrected chi connectivity index (χ0v) is 14.8. The average molecular weight is 294 g/mol. The lowest BCUT2D eigenvalue weighted by molar-refractivity contribution is 0.471. The second kappa shape index (κ2) is 17.5. The van der Waals surface area contributed by atoms with Crippen molar-refractivity contribution < 1.29 is 0 Å². The Morgan fingerprint density at radius 3 is 1.24 bits per heavy atom. The third-order valence-electron chi connectivity index (χ3n) is 4.49. The van der Waals surface area contributed by atoms with Crippen molar-refractivity contribution in [3.8, 4) is 6.07 Å². The highest BCUT2D eigenvalue weighted by molar-refractivity contribution is 4.82. The van der Waals surface area contributed by atoms with Crippen molar-refractivity contribution in [2.24, 2.45) is 5.92 Å². The lowest BCUT2D eigenvalue weighted by atomic mass is 9.95. The van der Waals surface area contributed by atoms with Gasteiger partial charge in [-0.15, -0.1) is 0 Å². The summed E-state index contributed by atoms with van der Waals surface area (Å²) in [5, 5.41) is 9.22. The van der Waals surface area contributed by atoms with Crippen molar-refractivity contribution in [1.29, 1.82) is 5.26 Å². The molecule has 1 unspecified atom stereocenters. The molecule has 1 atom stereocenters. The molecular formula is C20H39N. The van der Waals surface area contributed by atoms with Gasteiger partial charge in [-0.2, -0.15) is 5.26 Å². The van der Waals surface area contributed by atoms with E-state index in [1.165, 1.54) is 89.9 Å². The van der Waals surface area contributed by atoms with Gasteiger partial charge in [-0.05, 0) is 12.8 Å². The van der Waals surface area contributed by atoms with E-state index in [1.807, 2.05) is 0 Å². The number of unbranched alkanes of at least 4 members (excludes halogenated alkanes) is 12. The molecule has 0 amide bonds. The monoisotopic (exact) mass is 293 g/mol. The Bertz CT molecular complexity index is 228. The molecule has 0 aliphatic heterocycles. The highest BCUT2D eigenvalue weighted by atomic mass is 14.3. The molecule has 0 saturated carbocycles. The van der Waals surface area contributed by atoms with Gasteiger partial charge in [0.15, 0.2) is 0 Å². The van der Waals surface area contributed by atoms with Crippen LogP contribution in [0.2, 0.25) is 0 Å². The van der Waals surface area contributed by atoms with Gasteiger partial charge in [-0.25, -0.2) is 0 Å². The molecule has 0 heterocycles. The van der Waals surface area contributed by atoms with Crippen molar-refractivity contribution >= 4 is 0 Å². The summed E-state index contributed by atoms with van der Waals surface area (Å²) in [6.45, 7) is 4.53. The molecular weight excluding hydrogens is 254 g/mol. The molecule has 1 nitrogen and oxygen atoms in total. The number of hydrogen-bond acceptors (Lipinski definition) is 1. The molecule has 0 rings (SSSR count). The summed E-state index contributed by atoms with van der Waals surface area (Å²) in [6, 6.07) is 2.52. The highest BCUT2D eigenvalue weighted by Gasteiger charge is 2.06. The van der Waals surface area contributed by atoms with Gasteiger partial charge in [0.05, 0.1) is 6.07 Å². The van der Waals surface area contributed by atoms with Gasteiger partial charge in [0.1, 0.15) is 0 Å². The fraction of sp³-hybridized carbons (Fsp3) is 0.950. The van der Waals surface area contributed by atoms with Crippen LogP contribution in [0.4, 0.5) is 0 Å². The lowest BCUT2D eigenvalue weighted by Gasteiger charge is -2.08. The number of hydrogen-bond donors (Lipinski definition) is 0. The zero-order valence-electron chi connectivity index (χ0n) is 14.8. The molecule has 0 radical (unpaired) electrons. The minimum atomic E-state index is 0.330. The fourth-order valence-corrected chi connectivity index (χ4v) is 2.97. The van der Waals surface area contributed by atoms with E-state index < -0.39 is 0 Å². The van der Waals surface area contributed by atoms with E-state index in [0.717, 1.165) is 12.8 Å². The van der Waals surface area contributed by atoms with E-state index in [1.54, 1.807) is 0 Å². The van der Waals surface area contributed by atoms with E-state index in [-0.39, 0.29) is 0 Å². The van der Waals surface area contributed by atoms with Crippen LogP contribution < -0.4 is 0 Å². The standard InChI is InChI=1S/C20H39N/c1-3-5-7-9-11-12-14-16-18-20(19-21)17-15-13-10-8-6-4-2/h20H,3-18H2,1-2H3. The summed E-state index contributed by atoms with van der Waals surface area (Å²) in [4.78, 5) is 0. The van der Waals surface area contributed by atoms with Crippen LogP contribution in [0, 0.1) is 17.2 Å². The molecule has 0 aliphatic rings. The summed E-state index contributed by atoms with van der Waals surface area (Å²) < 4.78 is 0. The summed E-state index contributed by atoms with van der Waals surface area (Å²) in [7, 11) is 0. The van der Waals surface area contributed by atoms with E-state index in [9.17, 15) is 5.26 Å². The number of nitrogens with zero attached hydrogens (tertiary/aromatic N) is 1. The molecule has 0 fully saturated rings. The Morgan fingerprint density at radius 2 is 0.905 bits per heavy atom. The molecule has 0 aromatic heterocycles. The van der Waals surface area contributed by atoms with Crippen molar-refractivity contribution in [2.75, 3.05) is 0 Å². The minimum absolute atomic E-state index is 0.330. The van der Waals surface area contributed by atoms with Crippen molar-refractivity contribution in [2.45, 2.75) is 117 Å². The Balaban J connectivity index is 3.31. The van der Waals surface area contributed by atoms with Crippen molar-refractivity contribution in [3.05, 3.63) is 0 Å². The summed E-state index contributed by atoms with van der Waals surface area (Å²) in [6.07, 6.45) is 21.2. The Labute approximate surface area is 134 Å². The third kappa shape index (κ3) is 15.7. The molecule has 124 valence electrons. The maximum atomic E-state index is 9.22. The molecule has 0 bridgehead atoms. The second-order valence-corrected chi connectivity index (χ2v) is 6.65. The lowest BCUT2D eigenvalue weighted by Crippen LogP contribution is -1.97. The zero-order chi connectivity index (χ0) is 15.6. The molecule has 0 N–H and O–H groups in total. The molecule has 0 aromatic carbocycles. The first-order chi connectivity index (χ1) is 10.3. The van der Waals surface area contributed by atoms with Gasteiger partial charge in [-0.3, -0.25) is 0 Å². The van der Waals surface area contributed by atoms with E-state index in [0.29, 0.717) is 5.92 Å². The first kappa shape index (κ1) is 20.5. The molecule has 0 saturated heterocycles. The smallest absolute Gasteiger partial charge is 0.0655 e. The topological polar surface area (TPSA) is 23.8 Å². The Morgan fingerprint density at radius 1 is 0.571 bits per heavy atom. The SMILES string of the molecule is CCCCCCCCCCC(C#N)CCCCCCCC. The first-order valence-electron chi connectivity index (χ1n) is 9.74. The van der Waals surface area contributed by atoms with Crippen LogP contribution in [0.25, 0.3) is 0 Å². The van der Waals surface area contributed by atoms with Crippen LogP contribution in [0.3, 0.4) is 0 Å². The van der Waals surface area contributed by atoms with Crippen molar-refractivity contribution in [3.63, 3.8) is 0 Å². The summed E-state index contributed by atoms with van der Waals surface area (Å²) >= 11 is 0. The summed E-state index contributed by atoms with van der Waals surface area (Å²) in [5.41, 5.74) is 0.